The third-order valence-corrected chi connectivity index (χ3v) is 4.74. The van der Waals surface area contributed by atoms with Gasteiger partial charge in [-0.3, -0.25) is 9.78 Å². The number of H-pyrrole nitrogens is 1. The van der Waals surface area contributed by atoms with Gasteiger partial charge in [-0.1, -0.05) is 19.1 Å². The molecular formula is C21H25N3O. The highest BCUT2D eigenvalue weighted by molar-refractivity contribution is 6.02. The maximum atomic E-state index is 13.2. The molecule has 0 atom stereocenters. The molecule has 3 aromatic rings. The molecule has 4 nitrogen and oxygen atoms in total. The molecule has 0 radical (unpaired) electrons. The molecule has 0 aliphatic carbocycles. The predicted molar refractivity (Wildman–Crippen MR) is 102 cm³/mol. The van der Waals surface area contributed by atoms with E-state index in [1.165, 1.54) is 16.5 Å². The van der Waals surface area contributed by atoms with Gasteiger partial charge in [0.1, 0.15) is 5.69 Å². The van der Waals surface area contributed by atoms with E-state index in [9.17, 15) is 4.79 Å². The Labute approximate surface area is 148 Å². The average Bonchev–Trinajstić information content (AvgIpc) is 2.97. The van der Waals surface area contributed by atoms with Gasteiger partial charge in [0.05, 0.1) is 0 Å². The van der Waals surface area contributed by atoms with Gasteiger partial charge in [0.15, 0.2) is 0 Å². The van der Waals surface area contributed by atoms with Gasteiger partial charge in [-0.25, -0.2) is 0 Å². The number of pyridine rings is 1. The maximum Gasteiger partial charge on any atom is 0.270 e. The molecule has 130 valence electrons. The first-order chi connectivity index (χ1) is 12.0. The highest BCUT2D eigenvalue weighted by Gasteiger charge is 2.22. The molecule has 1 aromatic carbocycles. The Kier molecular flexibility index (Phi) is 4.88. The number of hydrogen-bond acceptors (Lipinski definition) is 2. The molecule has 0 unspecified atom stereocenters. The second-order valence-corrected chi connectivity index (χ2v) is 6.66. The van der Waals surface area contributed by atoms with E-state index >= 15 is 0 Å². The number of nitrogens with one attached hydrogen (secondary N) is 1. The Balaban J connectivity index is 2.00. The van der Waals surface area contributed by atoms with Gasteiger partial charge in [-0.2, -0.15) is 0 Å². The summed E-state index contributed by atoms with van der Waals surface area (Å²) in [4.78, 5) is 22.6. The molecule has 25 heavy (non-hydrogen) atoms. The fourth-order valence-corrected chi connectivity index (χ4v) is 3.40. The number of aryl methyl sites for hydroxylation is 3. The summed E-state index contributed by atoms with van der Waals surface area (Å²) in [5.74, 6) is 0.0613. The van der Waals surface area contributed by atoms with Crippen molar-refractivity contribution in [1.82, 2.24) is 14.9 Å². The molecule has 2 aromatic heterocycles. The number of aromatic amines is 1. The van der Waals surface area contributed by atoms with Gasteiger partial charge in [-0.05, 0) is 61.6 Å². The van der Waals surface area contributed by atoms with E-state index in [-0.39, 0.29) is 5.91 Å². The molecule has 0 saturated heterocycles. The fraction of sp³-hybridized carbons (Fsp3) is 0.333. The van der Waals surface area contributed by atoms with E-state index in [1.54, 1.807) is 12.4 Å². The number of aromatic nitrogens is 2. The minimum atomic E-state index is 0.0613. The highest BCUT2D eigenvalue weighted by Crippen LogP contribution is 2.28. The molecule has 1 amide bonds. The smallest absolute Gasteiger partial charge is 0.270 e. The first kappa shape index (κ1) is 17.2. The quantitative estimate of drug-likeness (QED) is 0.744. The Bertz CT molecular complexity index is 896. The summed E-state index contributed by atoms with van der Waals surface area (Å²) in [5.41, 5.74) is 6.27. The molecule has 0 saturated carbocycles. The number of carbonyl (C=O) groups excluding carboxylic acids is 1. The predicted octanol–water partition coefficient (Wildman–Crippen LogP) is 4.54. The van der Waals surface area contributed by atoms with Crippen LogP contribution in [0.25, 0.3) is 10.9 Å². The zero-order valence-corrected chi connectivity index (χ0v) is 15.4. The summed E-state index contributed by atoms with van der Waals surface area (Å²) in [6.45, 7) is 9.63. The van der Waals surface area contributed by atoms with Crippen LogP contribution in [0.5, 0.6) is 0 Å². The van der Waals surface area contributed by atoms with Crippen molar-refractivity contribution in [3.63, 3.8) is 0 Å². The van der Waals surface area contributed by atoms with E-state index in [2.05, 4.69) is 42.9 Å². The molecule has 1 N–H and O–H groups in total. The standard InChI is InChI=1S/C21H25N3O/c1-5-12-24(13-17-8-10-22-11-9-17)21(25)20-16(4)18-14(2)6-7-15(3)19(18)23-20/h6-11,23H,5,12-13H2,1-4H3. The molecule has 0 spiro atoms. The largest absolute Gasteiger partial charge is 0.350 e. The van der Waals surface area contributed by atoms with Gasteiger partial charge in [-0.15, -0.1) is 0 Å². The second-order valence-electron chi connectivity index (χ2n) is 6.66. The molecule has 0 aliphatic heterocycles. The van der Waals surface area contributed by atoms with Crippen LogP contribution < -0.4 is 0 Å². The Hall–Kier alpha value is -2.62. The van der Waals surface area contributed by atoms with Crippen LogP contribution in [0.1, 0.15) is 46.1 Å². The Morgan fingerprint density at radius 2 is 1.76 bits per heavy atom. The number of nitrogens with zero attached hydrogens (tertiary/aromatic N) is 2. The lowest BCUT2D eigenvalue weighted by Crippen LogP contribution is -2.32. The highest BCUT2D eigenvalue weighted by atomic mass is 16.2. The SMILES string of the molecule is CCCN(Cc1ccncc1)C(=O)c1[nH]c2c(C)ccc(C)c2c1C. The van der Waals surface area contributed by atoms with Gasteiger partial charge in [0, 0.05) is 36.4 Å². The summed E-state index contributed by atoms with van der Waals surface area (Å²) in [6, 6.07) is 8.14. The van der Waals surface area contributed by atoms with Crippen molar-refractivity contribution in [2.45, 2.75) is 40.7 Å². The van der Waals surface area contributed by atoms with E-state index < -0.39 is 0 Å². The third kappa shape index (κ3) is 3.29. The van der Waals surface area contributed by atoms with Crippen molar-refractivity contribution in [1.29, 1.82) is 0 Å². The lowest BCUT2D eigenvalue weighted by Gasteiger charge is -2.22. The first-order valence-electron chi connectivity index (χ1n) is 8.79. The van der Waals surface area contributed by atoms with Crippen molar-refractivity contribution >= 4 is 16.8 Å². The van der Waals surface area contributed by atoms with Gasteiger partial charge in [0.2, 0.25) is 0 Å². The Morgan fingerprint density at radius 1 is 1.08 bits per heavy atom. The average molecular weight is 335 g/mol. The van der Waals surface area contributed by atoms with Crippen molar-refractivity contribution in [3.05, 3.63) is 64.6 Å². The van der Waals surface area contributed by atoms with Crippen molar-refractivity contribution in [2.75, 3.05) is 6.54 Å². The van der Waals surface area contributed by atoms with E-state index in [1.807, 2.05) is 24.0 Å². The monoisotopic (exact) mass is 335 g/mol. The summed E-state index contributed by atoms with van der Waals surface area (Å²) in [7, 11) is 0. The van der Waals surface area contributed by atoms with Crippen LogP contribution in [0.2, 0.25) is 0 Å². The summed E-state index contributed by atoms with van der Waals surface area (Å²) >= 11 is 0. The molecule has 0 bridgehead atoms. The van der Waals surface area contributed by atoms with Crippen LogP contribution >= 0.6 is 0 Å². The number of rotatable bonds is 5. The van der Waals surface area contributed by atoms with Crippen LogP contribution in [0.15, 0.2) is 36.7 Å². The topological polar surface area (TPSA) is 49.0 Å². The number of benzene rings is 1. The van der Waals surface area contributed by atoms with Crippen molar-refractivity contribution < 1.29 is 4.79 Å². The lowest BCUT2D eigenvalue weighted by atomic mass is 10.0. The summed E-state index contributed by atoms with van der Waals surface area (Å²) in [6.07, 6.45) is 4.46. The van der Waals surface area contributed by atoms with Crippen molar-refractivity contribution in [3.8, 4) is 0 Å². The maximum absolute atomic E-state index is 13.2. The van der Waals surface area contributed by atoms with Gasteiger partial charge < -0.3 is 9.88 Å². The minimum Gasteiger partial charge on any atom is -0.350 e. The number of hydrogen-bond donors (Lipinski definition) is 1. The van der Waals surface area contributed by atoms with E-state index in [0.717, 1.165) is 29.6 Å². The lowest BCUT2D eigenvalue weighted by molar-refractivity contribution is 0.0737. The van der Waals surface area contributed by atoms with Gasteiger partial charge >= 0.3 is 0 Å². The zero-order chi connectivity index (χ0) is 18.0. The van der Waals surface area contributed by atoms with Crippen LogP contribution in [0.4, 0.5) is 0 Å². The minimum absolute atomic E-state index is 0.0613. The van der Waals surface area contributed by atoms with Crippen LogP contribution in [0, 0.1) is 20.8 Å². The molecule has 0 fully saturated rings. The normalized spacial score (nSPS) is 11.0. The molecule has 3 rings (SSSR count). The van der Waals surface area contributed by atoms with Crippen LogP contribution in [-0.4, -0.2) is 27.3 Å². The first-order valence-corrected chi connectivity index (χ1v) is 8.79. The Morgan fingerprint density at radius 3 is 2.40 bits per heavy atom. The third-order valence-electron chi connectivity index (χ3n) is 4.74. The molecule has 4 heteroatoms. The molecular weight excluding hydrogens is 310 g/mol. The zero-order valence-electron chi connectivity index (χ0n) is 15.4. The number of amides is 1. The van der Waals surface area contributed by atoms with Crippen LogP contribution in [0.3, 0.4) is 0 Å². The summed E-state index contributed by atoms with van der Waals surface area (Å²) in [5, 5.41) is 1.17. The fourth-order valence-electron chi connectivity index (χ4n) is 3.40. The van der Waals surface area contributed by atoms with Gasteiger partial charge in [0.25, 0.3) is 5.91 Å². The molecule has 0 aliphatic rings. The van der Waals surface area contributed by atoms with Crippen molar-refractivity contribution in [2.24, 2.45) is 0 Å². The molecule has 2 heterocycles. The second kappa shape index (κ2) is 7.09. The number of carbonyl (C=O) groups is 1. The van der Waals surface area contributed by atoms with Crippen LogP contribution in [-0.2, 0) is 6.54 Å². The number of fused-ring (bicyclic) bond motifs is 1. The summed E-state index contributed by atoms with van der Waals surface area (Å²) < 4.78 is 0. The van der Waals surface area contributed by atoms with E-state index in [0.29, 0.717) is 12.2 Å². The van der Waals surface area contributed by atoms with E-state index in [4.69, 9.17) is 0 Å².